The zero-order chi connectivity index (χ0) is 13.3. The van der Waals surface area contributed by atoms with Crippen LogP contribution in [-0.4, -0.2) is 31.8 Å². The summed E-state index contributed by atoms with van der Waals surface area (Å²) in [6.07, 6.45) is 0. The second kappa shape index (κ2) is 4.98. The monoisotopic (exact) mass is 268 g/mol. The van der Waals surface area contributed by atoms with E-state index in [1.165, 1.54) is 0 Å². The van der Waals surface area contributed by atoms with Gasteiger partial charge < -0.3 is 15.0 Å². The number of anilines is 1. The molecule has 0 spiro atoms. The van der Waals surface area contributed by atoms with Crippen LogP contribution in [-0.2, 0) is 0 Å². The predicted octanol–water partition coefficient (Wildman–Crippen LogP) is 2.93. The van der Waals surface area contributed by atoms with Gasteiger partial charge in [0, 0.05) is 29.7 Å². The van der Waals surface area contributed by atoms with E-state index in [4.69, 9.17) is 16.3 Å². The second-order valence-corrected chi connectivity index (χ2v) is 6.06. The van der Waals surface area contributed by atoms with Gasteiger partial charge in [-0.05, 0) is 39.0 Å². The minimum atomic E-state index is 0.0883. The lowest BCUT2D eigenvalue weighted by atomic mass is 9.98. The molecule has 1 heterocycles. The Kier molecular flexibility index (Phi) is 3.74. The lowest BCUT2D eigenvalue weighted by Crippen LogP contribution is -2.61. The van der Waals surface area contributed by atoms with Gasteiger partial charge in [0.15, 0.2) is 0 Å². The van der Waals surface area contributed by atoms with Crippen LogP contribution in [0.5, 0.6) is 5.75 Å². The van der Waals surface area contributed by atoms with Gasteiger partial charge in [-0.1, -0.05) is 11.6 Å². The smallest absolute Gasteiger partial charge is 0.142 e. The largest absolute Gasteiger partial charge is 0.495 e. The molecule has 0 aliphatic carbocycles. The fourth-order valence-corrected chi connectivity index (χ4v) is 2.89. The van der Waals surface area contributed by atoms with Crippen LogP contribution in [0, 0.1) is 0 Å². The van der Waals surface area contributed by atoms with E-state index in [0.29, 0.717) is 6.04 Å². The van der Waals surface area contributed by atoms with E-state index in [9.17, 15) is 0 Å². The molecule has 1 N–H and O–H groups in total. The van der Waals surface area contributed by atoms with E-state index in [1.54, 1.807) is 7.11 Å². The van der Waals surface area contributed by atoms with Crippen LogP contribution in [0.3, 0.4) is 0 Å². The number of ether oxygens (including phenoxy) is 1. The maximum Gasteiger partial charge on any atom is 0.142 e. The summed E-state index contributed by atoms with van der Waals surface area (Å²) in [6, 6.07) is 6.21. The quantitative estimate of drug-likeness (QED) is 0.893. The Labute approximate surface area is 114 Å². The number of hydrogen-bond donors (Lipinski definition) is 1. The Morgan fingerprint density at radius 1 is 1.44 bits per heavy atom. The third-order valence-corrected chi connectivity index (χ3v) is 3.43. The van der Waals surface area contributed by atoms with Gasteiger partial charge in [-0.3, -0.25) is 0 Å². The summed E-state index contributed by atoms with van der Waals surface area (Å²) in [7, 11) is 1.70. The Morgan fingerprint density at radius 3 is 2.78 bits per heavy atom. The normalized spacial score (nSPS) is 22.9. The molecule has 1 atom stereocenters. The average molecular weight is 269 g/mol. The topological polar surface area (TPSA) is 24.5 Å². The molecule has 0 saturated carbocycles. The zero-order valence-corrected chi connectivity index (χ0v) is 12.2. The lowest BCUT2D eigenvalue weighted by Gasteiger charge is -2.44. The molecule has 1 unspecified atom stereocenters. The summed E-state index contributed by atoms with van der Waals surface area (Å²) in [5, 5.41) is 4.34. The van der Waals surface area contributed by atoms with Crippen molar-refractivity contribution in [2.75, 3.05) is 25.1 Å². The molecule has 1 saturated heterocycles. The van der Waals surface area contributed by atoms with Crippen LogP contribution in [0.25, 0.3) is 0 Å². The van der Waals surface area contributed by atoms with Crippen LogP contribution in [0.4, 0.5) is 5.69 Å². The molecule has 100 valence electrons. The second-order valence-electron chi connectivity index (χ2n) is 5.63. The first-order valence-corrected chi connectivity index (χ1v) is 6.65. The fraction of sp³-hybridized carbons (Fsp3) is 0.571. The predicted molar refractivity (Wildman–Crippen MR) is 76.9 cm³/mol. The standard InChI is InChI=1S/C14H21ClN2O/c1-10-8-17(9-14(2,3)16-10)12-7-11(15)5-6-13(12)18-4/h5-7,10,16H,8-9H2,1-4H3. The highest BCUT2D eigenvalue weighted by Crippen LogP contribution is 2.33. The summed E-state index contributed by atoms with van der Waals surface area (Å²) in [4.78, 5) is 2.34. The molecule has 1 aromatic carbocycles. The molecule has 2 rings (SSSR count). The van der Waals surface area contributed by atoms with Gasteiger partial charge in [0.25, 0.3) is 0 Å². The van der Waals surface area contributed by atoms with Crippen molar-refractivity contribution in [3.63, 3.8) is 0 Å². The Bertz CT molecular complexity index is 434. The molecule has 0 amide bonds. The number of halogens is 1. The number of benzene rings is 1. The Morgan fingerprint density at radius 2 is 2.17 bits per heavy atom. The molecular formula is C14H21ClN2O. The molecule has 18 heavy (non-hydrogen) atoms. The van der Waals surface area contributed by atoms with Crippen molar-refractivity contribution >= 4 is 17.3 Å². The minimum absolute atomic E-state index is 0.0883. The van der Waals surface area contributed by atoms with Gasteiger partial charge in [0.05, 0.1) is 12.8 Å². The molecule has 0 bridgehead atoms. The minimum Gasteiger partial charge on any atom is -0.495 e. The average Bonchev–Trinajstić information content (AvgIpc) is 2.26. The van der Waals surface area contributed by atoms with Crippen molar-refractivity contribution < 1.29 is 4.74 Å². The van der Waals surface area contributed by atoms with Crippen LogP contribution in [0.15, 0.2) is 18.2 Å². The highest BCUT2D eigenvalue weighted by Gasteiger charge is 2.31. The molecule has 4 heteroatoms. The van der Waals surface area contributed by atoms with Gasteiger partial charge in [-0.15, -0.1) is 0 Å². The van der Waals surface area contributed by atoms with Crippen molar-refractivity contribution in [2.45, 2.75) is 32.4 Å². The van der Waals surface area contributed by atoms with Crippen molar-refractivity contribution in [2.24, 2.45) is 0 Å². The third-order valence-electron chi connectivity index (χ3n) is 3.20. The van der Waals surface area contributed by atoms with E-state index in [-0.39, 0.29) is 5.54 Å². The maximum absolute atomic E-state index is 6.10. The first-order chi connectivity index (χ1) is 8.41. The lowest BCUT2D eigenvalue weighted by molar-refractivity contribution is 0.299. The Balaban J connectivity index is 2.32. The fourth-order valence-electron chi connectivity index (χ4n) is 2.72. The molecule has 1 fully saturated rings. The van der Waals surface area contributed by atoms with E-state index >= 15 is 0 Å². The van der Waals surface area contributed by atoms with E-state index < -0.39 is 0 Å². The van der Waals surface area contributed by atoms with Gasteiger partial charge in [0.2, 0.25) is 0 Å². The van der Waals surface area contributed by atoms with Crippen molar-refractivity contribution in [1.82, 2.24) is 5.32 Å². The number of nitrogens with one attached hydrogen (secondary N) is 1. The molecule has 3 nitrogen and oxygen atoms in total. The SMILES string of the molecule is COc1ccc(Cl)cc1N1CC(C)NC(C)(C)C1. The molecule has 0 aromatic heterocycles. The summed E-state index contributed by atoms with van der Waals surface area (Å²) in [5.41, 5.74) is 1.16. The molecule has 0 radical (unpaired) electrons. The zero-order valence-electron chi connectivity index (χ0n) is 11.5. The van der Waals surface area contributed by atoms with E-state index in [0.717, 1.165) is 29.5 Å². The van der Waals surface area contributed by atoms with Crippen molar-refractivity contribution in [3.05, 3.63) is 23.2 Å². The Hall–Kier alpha value is -0.930. The van der Waals surface area contributed by atoms with Gasteiger partial charge in [0.1, 0.15) is 5.75 Å². The summed E-state index contributed by atoms with van der Waals surface area (Å²) in [6.45, 7) is 8.53. The number of piperazine rings is 1. The number of nitrogens with zero attached hydrogens (tertiary/aromatic N) is 1. The summed E-state index contributed by atoms with van der Waals surface area (Å²) >= 11 is 6.10. The first kappa shape index (κ1) is 13.5. The third kappa shape index (κ3) is 2.90. The number of methoxy groups -OCH3 is 1. The van der Waals surface area contributed by atoms with Gasteiger partial charge in [-0.25, -0.2) is 0 Å². The van der Waals surface area contributed by atoms with E-state index in [2.05, 4.69) is 31.0 Å². The van der Waals surface area contributed by atoms with Gasteiger partial charge >= 0.3 is 0 Å². The van der Waals surface area contributed by atoms with E-state index in [1.807, 2.05) is 18.2 Å². The van der Waals surface area contributed by atoms with Crippen LogP contribution in [0.2, 0.25) is 5.02 Å². The highest BCUT2D eigenvalue weighted by molar-refractivity contribution is 6.30. The maximum atomic E-state index is 6.10. The summed E-state index contributed by atoms with van der Waals surface area (Å²) in [5.74, 6) is 0.879. The van der Waals surface area contributed by atoms with Gasteiger partial charge in [-0.2, -0.15) is 0 Å². The molecule has 1 aliphatic heterocycles. The molecule has 1 aromatic rings. The van der Waals surface area contributed by atoms with Crippen molar-refractivity contribution in [1.29, 1.82) is 0 Å². The number of rotatable bonds is 2. The first-order valence-electron chi connectivity index (χ1n) is 6.27. The number of hydrogen-bond acceptors (Lipinski definition) is 3. The van der Waals surface area contributed by atoms with Crippen LogP contribution < -0.4 is 15.0 Å². The molecular weight excluding hydrogens is 248 g/mol. The van der Waals surface area contributed by atoms with Crippen molar-refractivity contribution in [3.8, 4) is 5.75 Å². The summed E-state index contributed by atoms with van der Waals surface area (Å²) < 4.78 is 5.44. The van der Waals surface area contributed by atoms with Crippen LogP contribution >= 0.6 is 11.6 Å². The molecule has 1 aliphatic rings. The van der Waals surface area contributed by atoms with Crippen LogP contribution in [0.1, 0.15) is 20.8 Å². The highest BCUT2D eigenvalue weighted by atomic mass is 35.5.